The monoisotopic (exact) mass is 654 g/mol. The number of ether oxygens (including phenoxy) is 4. The van der Waals surface area contributed by atoms with E-state index in [2.05, 4.69) is 24.3 Å². The summed E-state index contributed by atoms with van der Waals surface area (Å²) < 4.78 is 23.6. The maximum Gasteiger partial charge on any atom is 0.309 e. The van der Waals surface area contributed by atoms with Crippen LogP contribution < -0.4 is 9.47 Å². The highest BCUT2D eigenvalue weighted by atomic mass is 16.6. The second kappa shape index (κ2) is 14.3. The van der Waals surface area contributed by atoms with E-state index in [0.717, 1.165) is 47.9 Å². The molecule has 2 N–H and O–H groups in total. The van der Waals surface area contributed by atoms with Crippen molar-refractivity contribution in [2.75, 3.05) is 14.2 Å². The molecule has 0 aliphatic heterocycles. The molecule has 2 saturated carbocycles. The van der Waals surface area contributed by atoms with Gasteiger partial charge in [-0.2, -0.15) is 0 Å². The van der Waals surface area contributed by atoms with Gasteiger partial charge < -0.3 is 29.2 Å². The van der Waals surface area contributed by atoms with Crippen LogP contribution in [0.2, 0.25) is 0 Å². The molecule has 8 nitrogen and oxygen atoms in total. The Morgan fingerprint density at radius 3 is 2.29 bits per heavy atom. The van der Waals surface area contributed by atoms with Crippen LogP contribution in [0, 0.1) is 17.3 Å². The van der Waals surface area contributed by atoms with Crippen molar-refractivity contribution in [1.82, 2.24) is 0 Å². The van der Waals surface area contributed by atoms with Gasteiger partial charge in [0.25, 0.3) is 0 Å². The number of methoxy groups -OCH3 is 2. The molecule has 48 heavy (non-hydrogen) atoms. The zero-order valence-electron chi connectivity index (χ0n) is 28.0. The summed E-state index contributed by atoms with van der Waals surface area (Å²) in [5.41, 5.74) is 3.52. The Balaban J connectivity index is 1.50. The first-order valence-corrected chi connectivity index (χ1v) is 17.1. The van der Waals surface area contributed by atoms with E-state index in [9.17, 15) is 19.8 Å². The molecule has 3 aromatic carbocycles. The van der Waals surface area contributed by atoms with Crippen molar-refractivity contribution in [2.45, 2.75) is 82.8 Å². The number of carbonyl (C=O) groups excluding carboxylic acids is 2. The first-order chi connectivity index (χ1) is 23.2. The fourth-order valence-corrected chi connectivity index (χ4v) is 8.34. The molecule has 0 aromatic heterocycles. The van der Waals surface area contributed by atoms with E-state index >= 15 is 0 Å². The van der Waals surface area contributed by atoms with Crippen molar-refractivity contribution in [3.05, 3.63) is 89.0 Å². The number of hydrogen-bond acceptors (Lipinski definition) is 8. The second-order valence-electron chi connectivity index (χ2n) is 13.7. The van der Waals surface area contributed by atoms with Gasteiger partial charge in [-0.3, -0.25) is 9.59 Å². The summed E-state index contributed by atoms with van der Waals surface area (Å²) in [6, 6.07) is 19.2. The van der Waals surface area contributed by atoms with Crippen LogP contribution >= 0.6 is 0 Å². The molecule has 8 heteroatoms. The summed E-state index contributed by atoms with van der Waals surface area (Å²) in [7, 11) is 3.07. The third-order valence-corrected chi connectivity index (χ3v) is 10.7. The predicted octanol–water partition coefficient (Wildman–Crippen LogP) is 7.53. The highest BCUT2D eigenvalue weighted by Gasteiger charge is 2.50. The highest BCUT2D eigenvalue weighted by molar-refractivity contribution is 5.73. The average molecular weight is 655 g/mol. The maximum atomic E-state index is 13.5. The lowest BCUT2D eigenvalue weighted by atomic mass is 9.56. The van der Waals surface area contributed by atoms with E-state index in [1.165, 1.54) is 21.1 Å². The fourth-order valence-electron chi connectivity index (χ4n) is 8.34. The topological polar surface area (TPSA) is 112 Å². The molecular formula is C40H46O8. The summed E-state index contributed by atoms with van der Waals surface area (Å²) in [5, 5.41) is 21.3. The van der Waals surface area contributed by atoms with Crippen LogP contribution in [0.15, 0.2) is 66.7 Å². The summed E-state index contributed by atoms with van der Waals surface area (Å²) >= 11 is 0. The van der Waals surface area contributed by atoms with Crippen LogP contribution in [0.1, 0.15) is 80.0 Å². The molecule has 2 fully saturated rings. The fraction of sp³-hybridized carbons (Fsp3) is 0.450. The largest absolute Gasteiger partial charge is 0.504 e. The lowest BCUT2D eigenvalue weighted by Gasteiger charge is -2.50. The van der Waals surface area contributed by atoms with Gasteiger partial charge in [0.05, 0.1) is 20.1 Å². The number of carbonyl (C=O) groups is 2. The van der Waals surface area contributed by atoms with E-state index in [0.29, 0.717) is 43.6 Å². The predicted molar refractivity (Wildman–Crippen MR) is 182 cm³/mol. The maximum absolute atomic E-state index is 13.5. The van der Waals surface area contributed by atoms with Crippen molar-refractivity contribution in [3.63, 3.8) is 0 Å². The van der Waals surface area contributed by atoms with Crippen LogP contribution in [0.5, 0.6) is 23.0 Å². The average Bonchev–Trinajstić information content (AvgIpc) is 3.62. The third-order valence-electron chi connectivity index (χ3n) is 10.7. The van der Waals surface area contributed by atoms with Gasteiger partial charge in [0.15, 0.2) is 23.0 Å². The van der Waals surface area contributed by atoms with Gasteiger partial charge in [-0.1, -0.05) is 61.4 Å². The molecule has 0 spiro atoms. The summed E-state index contributed by atoms with van der Waals surface area (Å²) in [4.78, 5) is 26.2. The van der Waals surface area contributed by atoms with Gasteiger partial charge in [-0.25, -0.2) is 0 Å². The molecule has 0 heterocycles. The second-order valence-corrected chi connectivity index (χ2v) is 13.7. The first-order valence-electron chi connectivity index (χ1n) is 17.1. The van der Waals surface area contributed by atoms with Crippen LogP contribution in [-0.4, -0.2) is 48.6 Å². The Bertz CT molecular complexity index is 1640. The van der Waals surface area contributed by atoms with E-state index in [1.54, 1.807) is 12.1 Å². The van der Waals surface area contributed by atoms with Crippen molar-refractivity contribution < 1.29 is 38.7 Å². The van der Waals surface area contributed by atoms with Crippen LogP contribution in [0.3, 0.4) is 0 Å². The minimum Gasteiger partial charge on any atom is -0.504 e. The Morgan fingerprint density at radius 1 is 0.854 bits per heavy atom. The summed E-state index contributed by atoms with van der Waals surface area (Å²) in [5.74, 6) is -0.0339. The number of allylic oxidation sites excluding steroid dienone is 1. The molecule has 6 rings (SSSR count). The van der Waals surface area contributed by atoms with Crippen molar-refractivity contribution >= 4 is 18.0 Å². The van der Waals surface area contributed by atoms with Crippen molar-refractivity contribution in [1.29, 1.82) is 0 Å². The molecule has 3 aliphatic rings. The number of hydrogen-bond donors (Lipinski definition) is 2. The van der Waals surface area contributed by atoms with Gasteiger partial charge in [0.2, 0.25) is 0 Å². The number of benzene rings is 3. The molecule has 3 aliphatic carbocycles. The Kier molecular flexibility index (Phi) is 9.99. The molecular weight excluding hydrogens is 608 g/mol. The molecule has 0 bridgehead atoms. The van der Waals surface area contributed by atoms with Crippen LogP contribution in [0.25, 0.3) is 6.08 Å². The van der Waals surface area contributed by atoms with Gasteiger partial charge in [-0.05, 0) is 96.4 Å². The number of esters is 2. The summed E-state index contributed by atoms with van der Waals surface area (Å²) in [6.45, 7) is 1.43. The molecule has 5 atom stereocenters. The zero-order valence-corrected chi connectivity index (χ0v) is 28.0. The molecule has 0 unspecified atom stereocenters. The number of phenolic OH excluding ortho intramolecular Hbond substituents is 2. The van der Waals surface area contributed by atoms with Crippen molar-refractivity contribution in [2.24, 2.45) is 17.3 Å². The first kappa shape index (κ1) is 33.4. The molecule has 3 aromatic rings. The van der Waals surface area contributed by atoms with Gasteiger partial charge in [0.1, 0.15) is 12.2 Å². The minimum absolute atomic E-state index is 0.0545. The normalized spacial score (nSPS) is 25.7. The van der Waals surface area contributed by atoms with E-state index < -0.39 is 17.6 Å². The van der Waals surface area contributed by atoms with Gasteiger partial charge in [-0.15, -0.1) is 0 Å². The van der Waals surface area contributed by atoms with Gasteiger partial charge in [0, 0.05) is 19.3 Å². The number of aromatic hydroxyl groups is 2. The van der Waals surface area contributed by atoms with Crippen molar-refractivity contribution in [3.8, 4) is 23.0 Å². The zero-order chi connectivity index (χ0) is 33.8. The Labute approximate surface area is 282 Å². The van der Waals surface area contributed by atoms with Crippen LogP contribution in [0.4, 0.5) is 0 Å². The van der Waals surface area contributed by atoms with E-state index in [4.69, 9.17) is 18.9 Å². The molecule has 0 amide bonds. The lowest BCUT2D eigenvalue weighted by Crippen LogP contribution is -2.49. The Morgan fingerprint density at radius 2 is 1.58 bits per heavy atom. The molecule has 0 radical (unpaired) electrons. The lowest BCUT2D eigenvalue weighted by molar-refractivity contribution is -0.164. The van der Waals surface area contributed by atoms with Crippen LogP contribution in [-0.2, 0) is 31.9 Å². The number of rotatable bonds is 8. The Hall–Kier alpha value is -4.46. The minimum atomic E-state index is -0.535. The standard InChI is InChI=1S/C40H46O8/c1-25(41)47-36-22-32(48-39(44)27-11-7-8-12-27)17-30(28-13-14-34(42)37(20-28)45-2)23-40(16-15-26-9-5-4-6-10-26)24-31-19-35(43)38(46-3)21-29(31)18-33(36)40/h4-6,9-10,13-16,19-21,27,30,32-33,36,42-43H,7-8,11-12,17-18,22-24H2,1-3H3/t30-,32+,33+,36+,40+/m1/s1. The third kappa shape index (κ3) is 7.18. The van der Waals surface area contributed by atoms with E-state index in [1.807, 2.05) is 36.4 Å². The van der Waals surface area contributed by atoms with Gasteiger partial charge >= 0.3 is 11.9 Å². The summed E-state index contributed by atoms with van der Waals surface area (Å²) in [6.07, 6.45) is 9.75. The highest BCUT2D eigenvalue weighted by Crippen LogP contribution is 2.54. The molecule has 0 saturated heterocycles. The van der Waals surface area contributed by atoms with E-state index in [-0.39, 0.29) is 41.2 Å². The molecule has 254 valence electrons. The smallest absolute Gasteiger partial charge is 0.309 e. The number of fused-ring (bicyclic) bond motifs is 2. The SMILES string of the molecule is COc1cc([C@@H]2C[C@H](OC(=O)C3CCCC3)C[C@H](OC(C)=O)[C@@H]3Cc4cc(OC)c(O)cc4C[C@]3(C=Cc3ccccc3)C2)ccc1O. The number of phenols is 2. The quantitative estimate of drug-likeness (QED) is 0.240.